The molecule has 0 nitrogen and oxygen atoms in total. The van der Waals surface area contributed by atoms with Crippen molar-refractivity contribution in [3.05, 3.63) is 0 Å². The summed E-state index contributed by atoms with van der Waals surface area (Å²) in [6.07, 6.45) is -10.4. The molecule has 0 bridgehead atoms. The summed E-state index contributed by atoms with van der Waals surface area (Å²) < 4.78 is 73.0. The molecule has 0 spiro atoms. The predicted octanol–water partition coefficient (Wildman–Crippen LogP) is 3.53. The minimum absolute atomic E-state index is 0.00944. The van der Waals surface area contributed by atoms with Crippen LogP contribution in [0.1, 0.15) is 19.8 Å². The Morgan fingerprint density at radius 2 is 1.15 bits per heavy atom. The Morgan fingerprint density at radius 1 is 0.846 bits per heavy atom. The van der Waals surface area contributed by atoms with Gasteiger partial charge in [0.1, 0.15) is 0 Å². The monoisotopic (exact) mass is 206 g/mol. The highest BCUT2D eigenvalue weighted by atomic mass is 19.4. The van der Waals surface area contributed by atoms with Crippen LogP contribution in [-0.4, -0.2) is 12.4 Å². The van der Waals surface area contributed by atoms with Gasteiger partial charge in [-0.15, -0.1) is 0 Å². The first-order valence-electron chi connectivity index (χ1n) is 3.74. The summed E-state index contributed by atoms with van der Waals surface area (Å²) in [6, 6.07) is 0. The Kier molecular flexibility index (Phi) is 2.08. The third kappa shape index (κ3) is 1.50. The lowest BCUT2D eigenvalue weighted by atomic mass is 9.83. The molecule has 1 aliphatic rings. The molecule has 0 aromatic carbocycles. The van der Waals surface area contributed by atoms with Gasteiger partial charge in [0, 0.05) is 0 Å². The van der Waals surface area contributed by atoms with Crippen LogP contribution in [-0.2, 0) is 0 Å². The minimum atomic E-state index is -5.20. The topological polar surface area (TPSA) is 0 Å². The van der Waals surface area contributed by atoms with Crippen LogP contribution < -0.4 is 0 Å². The van der Waals surface area contributed by atoms with Crippen molar-refractivity contribution in [2.45, 2.75) is 32.1 Å². The Balaban J connectivity index is 3.01. The van der Waals surface area contributed by atoms with E-state index in [0.29, 0.717) is 0 Å². The van der Waals surface area contributed by atoms with E-state index < -0.39 is 23.7 Å². The Hall–Kier alpha value is -0.420. The molecular formula is C7H8F6. The zero-order valence-electron chi connectivity index (χ0n) is 6.76. The van der Waals surface area contributed by atoms with Crippen molar-refractivity contribution >= 4 is 0 Å². The SMILES string of the molecule is CC(C1CC1)(C(F)(F)F)C(F)(F)F. The molecule has 1 saturated carbocycles. The Morgan fingerprint density at radius 3 is 1.23 bits per heavy atom. The van der Waals surface area contributed by atoms with Crippen LogP contribution in [0.4, 0.5) is 26.3 Å². The Bertz CT molecular complexity index is 182. The molecule has 13 heavy (non-hydrogen) atoms. The number of alkyl halides is 6. The molecule has 0 heterocycles. The zero-order valence-corrected chi connectivity index (χ0v) is 6.76. The highest BCUT2D eigenvalue weighted by Gasteiger charge is 2.72. The molecule has 0 unspecified atom stereocenters. The van der Waals surface area contributed by atoms with Crippen molar-refractivity contribution in [1.29, 1.82) is 0 Å². The van der Waals surface area contributed by atoms with Gasteiger partial charge in [0.15, 0.2) is 5.41 Å². The van der Waals surface area contributed by atoms with Gasteiger partial charge in [0.2, 0.25) is 0 Å². The molecule has 1 rings (SSSR count). The van der Waals surface area contributed by atoms with Crippen LogP contribution in [0.3, 0.4) is 0 Å². The molecule has 0 radical (unpaired) electrons. The van der Waals surface area contributed by atoms with Gasteiger partial charge in [0.05, 0.1) is 0 Å². The third-order valence-corrected chi connectivity index (χ3v) is 2.57. The van der Waals surface area contributed by atoms with Crippen molar-refractivity contribution in [3.63, 3.8) is 0 Å². The standard InChI is InChI=1S/C7H8F6/c1-5(4-2-3-4,6(8,9)10)7(11,12)13/h4H,2-3H2,1H3. The number of hydrogen-bond donors (Lipinski definition) is 0. The first-order chi connectivity index (χ1) is 5.61. The maximum Gasteiger partial charge on any atom is 0.403 e. The van der Waals surface area contributed by atoms with E-state index in [1.807, 2.05) is 0 Å². The van der Waals surface area contributed by atoms with E-state index in [9.17, 15) is 26.3 Å². The molecule has 0 atom stereocenters. The average molecular weight is 206 g/mol. The first-order valence-corrected chi connectivity index (χ1v) is 3.74. The van der Waals surface area contributed by atoms with Crippen LogP contribution in [0.15, 0.2) is 0 Å². The van der Waals surface area contributed by atoms with Gasteiger partial charge in [-0.1, -0.05) is 0 Å². The van der Waals surface area contributed by atoms with Crippen LogP contribution in [0.2, 0.25) is 0 Å². The average Bonchev–Trinajstić information content (AvgIpc) is 2.60. The Labute approximate surface area is 70.9 Å². The molecular weight excluding hydrogens is 198 g/mol. The van der Waals surface area contributed by atoms with Crippen molar-refractivity contribution in [2.24, 2.45) is 11.3 Å². The van der Waals surface area contributed by atoms with E-state index >= 15 is 0 Å². The molecule has 0 aromatic rings. The summed E-state index contributed by atoms with van der Waals surface area (Å²) in [5.41, 5.74) is -3.51. The summed E-state index contributed by atoms with van der Waals surface area (Å²) in [4.78, 5) is 0. The number of halogens is 6. The lowest BCUT2D eigenvalue weighted by molar-refractivity contribution is -0.342. The van der Waals surface area contributed by atoms with E-state index in [2.05, 4.69) is 0 Å². The molecule has 6 heteroatoms. The smallest absolute Gasteiger partial charge is 0.170 e. The quantitative estimate of drug-likeness (QED) is 0.575. The van der Waals surface area contributed by atoms with E-state index in [1.165, 1.54) is 0 Å². The molecule has 78 valence electrons. The van der Waals surface area contributed by atoms with Gasteiger partial charge in [-0.2, -0.15) is 26.3 Å². The van der Waals surface area contributed by atoms with Gasteiger partial charge in [-0.05, 0) is 25.7 Å². The summed E-state index contributed by atoms with van der Waals surface area (Å²) in [7, 11) is 0. The fourth-order valence-corrected chi connectivity index (χ4v) is 1.28. The van der Waals surface area contributed by atoms with Gasteiger partial charge >= 0.3 is 12.4 Å². The summed E-state index contributed by atoms with van der Waals surface area (Å²) >= 11 is 0. The van der Waals surface area contributed by atoms with Crippen LogP contribution >= 0.6 is 0 Å². The molecule has 1 fully saturated rings. The van der Waals surface area contributed by atoms with E-state index in [4.69, 9.17) is 0 Å². The lowest BCUT2D eigenvalue weighted by Crippen LogP contribution is -2.49. The van der Waals surface area contributed by atoms with Crippen LogP contribution in [0.5, 0.6) is 0 Å². The van der Waals surface area contributed by atoms with E-state index in [1.54, 1.807) is 0 Å². The highest BCUT2D eigenvalue weighted by Crippen LogP contribution is 2.61. The maximum absolute atomic E-state index is 12.2. The number of rotatable bonds is 1. The second kappa shape index (κ2) is 2.54. The van der Waals surface area contributed by atoms with Crippen LogP contribution in [0.25, 0.3) is 0 Å². The maximum atomic E-state index is 12.2. The lowest BCUT2D eigenvalue weighted by Gasteiger charge is -2.33. The highest BCUT2D eigenvalue weighted by molar-refractivity contribution is 5.00. The van der Waals surface area contributed by atoms with Crippen LogP contribution in [0, 0.1) is 11.3 Å². The number of hydrogen-bond acceptors (Lipinski definition) is 0. The normalized spacial score (nSPS) is 20.5. The largest absolute Gasteiger partial charge is 0.403 e. The van der Waals surface area contributed by atoms with Crippen molar-refractivity contribution < 1.29 is 26.3 Å². The fraction of sp³-hybridized carbons (Fsp3) is 1.00. The molecule has 0 aliphatic heterocycles. The van der Waals surface area contributed by atoms with Crippen molar-refractivity contribution in [3.8, 4) is 0 Å². The van der Waals surface area contributed by atoms with Gasteiger partial charge in [0.25, 0.3) is 0 Å². The molecule has 0 saturated heterocycles. The predicted molar refractivity (Wildman–Crippen MR) is 32.9 cm³/mol. The molecule has 0 aromatic heterocycles. The molecule has 0 amide bonds. The second-order valence-corrected chi connectivity index (χ2v) is 3.47. The van der Waals surface area contributed by atoms with Gasteiger partial charge in [-0.3, -0.25) is 0 Å². The summed E-state index contributed by atoms with van der Waals surface area (Å²) in [6.45, 7) is 0.241. The molecule has 0 N–H and O–H groups in total. The summed E-state index contributed by atoms with van der Waals surface area (Å²) in [5.74, 6) is -1.28. The van der Waals surface area contributed by atoms with E-state index in [-0.39, 0.29) is 19.8 Å². The first kappa shape index (κ1) is 10.7. The molecule has 1 aliphatic carbocycles. The van der Waals surface area contributed by atoms with Gasteiger partial charge in [-0.25, -0.2) is 0 Å². The second-order valence-electron chi connectivity index (χ2n) is 3.47. The third-order valence-electron chi connectivity index (χ3n) is 2.57. The fourth-order valence-electron chi connectivity index (χ4n) is 1.28. The summed E-state index contributed by atoms with van der Waals surface area (Å²) in [5, 5.41) is 0. The van der Waals surface area contributed by atoms with Gasteiger partial charge < -0.3 is 0 Å². The van der Waals surface area contributed by atoms with E-state index in [0.717, 1.165) is 0 Å². The van der Waals surface area contributed by atoms with Crippen molar-refractivity contribution in [1.82, 2.24) is 0 Å². The zero-order chi connectivity index (χ0) is 10.5. The minimum Gasteiger partial charge on any atom is -0.170 e. The van der Waals surface area contributed by atoms with Crippen molar-refractivity contribution in [2.75, 3.05) is 0 Å².